The molecule has 1 N–H and O–H groups in total. The van der Waals surface area contributed by atoms with E-state index in [0.29, 0.717) is 0 Å². The van der Waals surface area contributed by atoms with E-state index >= 15 is 0 Å². The van der Waals surface area contributed by atoms with Crippen molar-refractivity contribution in [1.82, 2.24) is 4.90 Å². The van der Waals surface area contributed by atoms with Crippen LogP contribution in [0.1, 0.15) is 25.5 Å². The second kappa shape index (κ2) is 5.82. The van der Waals surface area contributed by atoms with Gasteiger partial charge < -0.3 is 10.0 Å². The van der Waals surface area contributed by atoms with Gasteiger partial charge in [0.1, 0.15) is 0 Å². The molecule has 2 unspecified atom stereocenters. The van der Waals surface area contributed by atoms with Gasteiger partial charge in [0.2, 0.25) is 0 Å². The molecule has 94 valence electrons. The molecule has 3 nitrogen and oxygen atoms in total. The van der Waals surface area contributed by atoms with Crippen molar-refractivity contribution in [2.45, 2.75) is 19.9 Å². The Morgan fingerprint density at radius 3 is 2.06 bits per heavy atom. The van der Waals surface area contributed by atoms with Crippen molar-refractivity contribution in [3.05, 3.63) is 35.9 Å². The Morgan fingerprint density at radius 2 is 1.71 bits per heavy atom. The van der Waals surface area contributed by atoms with Gasteiger partial charge in [-0.25, -0.2) is 0 Å². The van der Waals surface area contributed by atoms with Gasteiger partial charge in [-0.2, -0.15) is 0 Å². The first kappa shape index (κ1) is 13.7. The standard InChI is InChI=1S/C14H21NO2/c1-10(2)12(14(16)17)13(15(3)4)11-8-6-5-7-9-11/h5-10,12-13H,1-4H3,(H,16,17). The molecule has 1 aromatic carbocycles. The summed E-state index contributed by atoms with van der Waals surface area (Å²) in [6, 6.07) is 9.73. The van der Waals surface area contributed by atoms with Crippen LogP contribution in [-0.4, -0.2) is 30.1 Å². The highest BCUT2D eigenvalue weighted by Gasteiger charge is 2.33. The minimum absolute atomic E-state index is 0.0892. The molecule has 0 bridgehead atoms. The SMILES string of the molecule is CC(C)C(C(=O)O)C(c1ccccc1)N(C)C. The molecule has 0 aromatic heterocycles. The number of nitrogens with zero attached hydrogens (tertiary/aromatic N) is 1. The van der Waals surface area contributed by atoms with E-state index in [4.69, 9.17) is 0 Å². The van der Waals surface area contributed by atoms with Crippen molar-refractivity contribution in [2.75, 3.05) is 14.1 Å². The third-order valence-corrected chi connectivity index (χ3v) is 3.04. The van der Waals surface area contributed by atoms with Crippen molar-refractivity contribution < 1.29 is 9.90 Å². The second-order valence-electron chi connectivity index (χ2n) is 4.93. The summed E-state index contributed by atoms with van der Waals surface area (Å²) in [5.41, 5.74) is 1.05. The average Bonchev–Trinajstić information content (AvgIpc) is 2.25. The van der Waals surface area contributed by atoms with Crippen LogP contribution in [0.15, 0.2) is 30.3 Å². The number of hydrogen-bond donors (Lipinski definition) is 1. The highest BCUT2D eigenvalue weighted by Crippen LogP contribution is 2.32. The van der Waals surface area contributed by atoms with Gasteiger partial charge in [-0.15, -0.1) is 0 Å². The summed E-state index contributed by atoms with van der Waals surface area (Å²) in [4.78, 5) is 13.4. The van der Waals surface area contributed by atoms with E-state index in [0.717, 1.165) is 5.56 Å². The van der Waals surface area contributed by atoms with Crippen LogP contribution in [0.2, 0.25) is 0 Å². The van der Waals surface area contributed by atoms with Crippen LogP contribution in [0.4, 0.5) is 0 Å². The molecular weight excluding hydrogens is 214 g/mol. The topological polar surface area (TPSA) is 40.5 Å². The van der Waals surface area contributed by atoms with Gasteiger partial charge in [0, 0.05) is 6.04 Å². The van der Waals surface area contributed by atoms with Crippen molar-refractivity contribution in [3.63, 3.8) is 0 Å². The molecule has 0 radical (unpaired) electrons. The maximum Gasteiger partial charge on any atom is 0.308 e. The van der Waals surface area contributed by atoms with E-state index in [-0.39, 0.29) is 12.0 Å². The van der Waals surface area contributed by atoms with Crippen molar-refractivity contribution >= 4 is 5.97 Å². The van der Waals surface area contributed by atoms with Crippen LogP contribution < -0.4 is 0 Å². The predicted octanol–water partition coefficient (Wildman–Crippen LogP) is 2.65. The van der Waals surface area contributed by atoms with E-state index in [9.17, 15) is 9.90 Å². The Bertz CT molecular complexity index is 360. The highest BCUT2D eigenvalue weighted by molar-refractivity contribution is 5.71. The lowest BCUT2D eigenvalue weighted by Crippen LogP contribution is -2.35. The number of carbonyl (C=O) groups is 1. The van der Waals surface area contributed by atoms with Crippen LogP contribution in [0.3, 0.4) is 0 Å². The van der Waals surface area contributed by atoms with Crippen LogP contribution in [0.5, 0.6) is 0 Å². The summed E-state index contributed by atoms with van der Waals surface area (Å²) >= 11 is 0. The molecule has 3 heteroatoms. The fourth-order valence-electron chi connectivity index (χ4n) is 2.26. The lowest BCUT2D eigenvalue weighted by molar-refractivity contribution is -0.146. The zero-order valence-electron chi connectivity index (χ0n) is 10.9. The van der Waals surface area contributed by atoms with E-state index in [1.807, 2.05) is 63.2 Å². The molecular formula is C14H21NO2. The normalized spacial score (nSPS) is 14.9. The van der Waals surface area contributed by atoms with E-state index < -0.39 is 11.9 Å². The fourth-order valence-corrected chi connectivity index (χ4v) is 2.26. The molecule has 1 rings (SSSR count). The van der Waals surface area contributed by atoms with Crippen LogP contribution in [0.25, 0.3) is 0 Å². The van der Waals surface area contributed by atoms with Crippen LogP contribution >= 0.6 is 0 Å². The molecule has 0 aliphatic rings. The Labute approximate surface area is 103 Å². The van der Waals surface area contributed by atoms with Crippen molar-refractivity contribution in [1.29, 1.82) is 0 Å². The molecule has 1 aromatic rings. The average molecular weight is 235 g/mol. The first-order chi connectivity index (χ1) is 7.95. The summed E-state index contributed by atoms with van der Waals surface area (Å²) in [6.07, 6.45) is 0. The molecule has 0 saturated heterocycles. The summed E-state index contributed by atoms with van der Waals surface area (Å²) in [7, 11) is 3.85. The molecule has 0 heterocycles. The smallest absolute Gasteiger partial charge is 0.308 e. The zero-order chi connectivity index (χ0) is 13.0. The number of carboxylic acid groups (broad SMARTS) is 1. The van der Waals surface area contributed by atoms with Gasteiger partial charge in [0.15, 0.2) is 0 Å². The lowest BCUT2D eigenvalue weighted by Gasteiger charge is -2.32. The molecule has 0 aliphatic carbocycles. The van der Waals surface area contributed by atoms with Gasteiger partial charge in [0.05, 0.1) is 5.92 Å². The molecule has 0 spiro atoms. The number of rotatable bonds is 5. The largest absolute Gasteiger partial charge is 0.481 e. The quantitative estimate of drug-likeness (QED) is 0.853. The molecule has 0 fully saturated rings. The van der Waals surface area contributed by atoms with Crippen molar-refractivity contribution in [2.24, 2.45) is 11.8 Å². The summed E-state index contributed by atoms with van der Waals surface area (Å²) in [6.45, 7) is 3.91. The predicted molar refractivity (Wildman–Crippen MR) is 68.8 cm³/mol. The van der Waals surface area contributed by atoms with Gasteiger partial charge in [0.25, 0.3) is 0 Å². The highest BCUT2D eigenvalue weighted by atomic mass is 16.4. The number of benzene rings is 1. The van der Waals surface area contributed by atoms with E-state index in [1.165, 1.54) is 0 Å². The van der Waals surface area contributed by atoms with Crippen LogP contribution in [-0.2, 0) is 4.79 Å². The third-order valence-electron chi connectivity index (χ3n) is 3.04. The van der Waals surface area contributed by atoms with E-state index in [1.54, 1.807) is 0 Å². The van der Waals surface area contributed by atoms with Gasteiger partial charge in [-0.3, -0.25) is 4.79 Å². The molecule has 0 saturated carbocycles. The number of hydrogen-bond acceptors (Lipinski definition) is 2. The second-order valence-corrected chi connectivity index (χ2v) is 4.93. The molecule has 0 amide bonds. The molecule has 17 heavy (non-hydrogen) atoms. The van der Waals surface area contributed by atoms with E-state index in [2.05, 4.69) is 0 Å². The Balaban J connectivity index is 3.12. The number of aliphatic carboxylic acids is 1. The third kappa shape index (κ3) is 3.30. The Hall–Kier alpha value is -1.35. The summed E-state index contributed by atoms with van der Waals surface area (Å²) < 4.78 is 0. The van der Waals surface area contributed by atoms with Gasteiger partial charge in [-0.1, -0.05) is 44.2 Å². The number of carboxylic acids is 1. The maximum atomic E-state index is 11.4. The van der Waals surface area contributed by atoms with Crippen molar-refractivity contribution in [3.8, 4) is 0 Å². The van der Waals surface area contributed by atoms with Crippen LogP contribution in [0, 0.1) is 11.8 Å². The van der Waals surface area contributed by atoms with Gasteiger partial charge >= 0.3 is 5.97 Å². The molecule has 2 atom stereocenters. The zero-order valence-corrected chi connectivity index (χ0v) is 10.9. The first-order valence-corrected chi connectivity index (χ1v) is 5.89. The first-order valence-electron chi connectivity index (χ1n) is 5.89. The minimum Gasteiger partial charge on any atom is -0.481 e. The summed E-state index contributed by atoms with van der Waals surface area (Å²) in [5.74, 6) is -1.03. The fraction of sp³-hybridized carbons (Fsp3) is 0.500. The molecule has 0 aliphatic heterocycles. The Morgan fingerprint density at radius 1 is 1.18 bits per heavy atom. The lowest BCUT2D eigenvalue weighted by atomic mass is 9.84. The minimum atomic E-state index is -0.734. The summed E-state index contributed by atoms with van der Waals surface area (Å²) in [5, 5.41) is 9.40. The Kier molecular flexibility index (Phi) is 4.70. The maximum absolute atomic E-state index is 11.4. The van der Waals surface area contributed by atoms with Gasteiger partial charge in [-0.05, 0) is 25.6 Å². The monoisotopic (exact) mass is 235 g/mol.